The van der Waals surface area contributed by atoms with E-state index in [9.17, 15) is 0 Å². The summed E-state index contributed by atoms with van der Waals surface area (Å²) in [6.07, 6.45) is 0. The molecule has 0 unspecified atom stereocenters. The first-order valence-corrected chi connectivity index (χ1v) is 14.0. The molecule has 0 spiro atoms. The maximum atomic E-state index is 6.07. The standard InChI is InChI=1S/3C6H5.C4H7O.Sn/c3*1-2-4-6-5-3-1;1-3-5-4-2;/h3*1-5H;1,4H2,2H3;. The summed E-state index contributed by atoms with van der Waals surface area (Å²) < 4.78 is 11.1. The quantitative estimate of drug-likeness (QED) is 0.439. The van der Waals surface area contributed by atoms with Crippen LogP contribution in [0.1, 0.15) is 6.92 Å². The van der Waals surface area contributed by atoms with Crippen molar-refractivity contribution in [2.24, 2.45) is 0 Å². The van der Waals surface area contributed by atoms with Gasteiger partial charge in [-0.3, -0.25) is 0 Å². The average molecular weight is 421 g/mol. The second-order valence-corrected chi connectivity index (χ2v) is 16.5. The molecule has 24 heavy (non-hydrogen) atoms. The van der Waals surface area contributed by atoms with Crippen molar-refractivity contribution in [3.8, 4) is 0 Å². The van der Waals surface area contributed by atoms with Gasteiger partial charge < -0.3 is 0 Å². The van der Waals surface area contributed by atoms with Crippen molar-refractivity contribution in [1.82, 2.24) is 0 Å². The first-order chi connectivity index (χ1) is 11.8. The molecular formula is C22H22OSn. The normalized spacial score (nSPS) is 11.0. The fraction of sp³-hybridized carbons (Fsp3) is 0.0909. The summed E-state index contributed by atoms with van der Waals surface area (Å²) in [6, 6.07) is 32.3. The van der Waals surface area contributed by atoms with Gasteiger partial charge in [-0.2, -0.15) is 0 Å². The molecule has 0 aromatic heterocycles. The van der Waals surface area contributed by atoms with Crippen LogP contribution in [0.2, 0.25) is 0 Å². The van der Waals surface area contributed by atoms with Crippen molar-refractivity contribution in [2.45, 2.75) is 6.92 Å². The molecule has 2 heteroatoms. The third-order valence-electron chi connectivity index (χ3n) is 4.36. The molecule has 120 valence electrons. The van der Waals surface area contributed by atoms with Gasteiger partial charge in [0.05, 0.1) is 0 Å². The van der Waals surface area contributed by atoms with Gasteiger partial charge in [0.2, 0.25) is 0 Å². The van der Waals surface area contributed by atoms with Gasteiger partial charge in [0.1, 0.15) is 0 Å². The van der Waals surface area contributed by atoms with Crippen LogP contribution < -0.4 is 10.7 Å². The summed E-state index contributed by atoms with van der Waals surface area (Å²) in [7, 11) is 0. The van der Waals surface area contributed by atoms with Crippen LogP contribution in [0, 0.1) is 0 Å². The third-order valence-corrected chi connectivity index (χ3v) is 17.4. The van der Waals surface area contributed by atoms with Crippen molar-refractivity contribution in [2.75, 3.05) is 6.61 Å². The Morgan fingerprint density at radius 1 is 0.708 bits per heavy atom. The monoisotopic (exact) mass is 422 g/mol. The van der Waals surface area contributed by atoms with Gasteiger partial charge in [0.15, 0.2) is 0 Å². The van der Waals surface area contributed by atoms with Crippen molar-refractivity contribution < 1.29 is 4.74 Å². The number of hydrogen-bond acceptors (Lipinski definition) is 1. The third kappa shape index (κ3) is 3.01. The van der Waals surface area contributed by atoms with E-state index in [-0.39, 0.29) is 0 Å². The molecule has 3 aromatic rings. The van der Waals surface area contributed by atoms with E-state index < -0.39 is 18.4 Å². The predicted octanol–water partition coefficient (Wildman–Crippen LogP) is 3.25. The average Bonchev–Trinajstić information content (AvgIpc) is 2.65. The van der Waals surface area contributed by atoms with Gasteiger partial charge in [0, 0.05) is 0 Å². The molecule has 0 bridgehead atoms. The molecule has 0 fully saturated rings. The molecular weight excluding hydrogens is 399 g/mol. The molecule has 0 aliphatic carbocycles. The number of benzene rings is 3. The Balaban J connectivity index is 2.35. The van der Waals surface area contributed by atoms with E-state index >= 15 is 0 Å². The summed E-state index contributed by atoms with van der Waals surface area (Å²) in [5.41, 5.74) is 0. The van der Waals surface area contributed by atoms with Gasteiger partial charge in [-0.05, 0) is 0 Å². The molecule has 0 amide bonds. The molecule has 0 saturated carbocycles. The second kappa shape index (κ2) is 7.71. The topological polar surface area (TPSA) is 9.23 Å². The molecule has 3 rings (SSSR count). The molecule has 0 aliphatic rings. The van der Waals surface area contributed by atoms with Gasteiger partial charge in [0.25, 0.3) is 0 Å². The van der Waals surface area contributed by atoms with Crippen LogP contribution in [-0.4, -0.2) is 25.0 Å². The first-order valence-electron chi connectivity index (χ1n) is 8.29. The van der Waals surface area contributed by atoms with Crippen molar-refractivity contribution in [3.63, 3.8) is 0 Å². The summed E-state index contributed by atoms with van der Waals surface area (Å²) >= 11 is -3.46. The molecule has 0 radical (unpaired) electrons. The summed E-state index contributed by atoms with van der Waals surface area (Å²) in [5.74, 6) is 0. The fourth-order valence-electron chi connectivity index (χ4n) is 3.33. The zero-order valence-electron chi connectivity index (χ0n) is 14.0. The maximum absolute atomic E-state index is 6.07. The zero-order chi connectivity index (χ0) is 16.8. The molecule has 0 heterocycles. The summed E-state index contributed by atoms with van der Waals surface area (Å²) in [4.78, 5) is 0. The summed E-state index contributed by atoms with van der Waals surface area (Å²) in [5, 5.41) is 0. The van der Waals surface area contributed by atoms with Crippen LogP contribution in [0.3, 0.4) is 0 Å². The van der Waals surface area contributed by atoms with Crippen molar-refractivity contribution in [1.29, 1.82) is 0 Å². The zero-order valence-corrected chi connectivity index (χ0v) is 16.8. The summed E-state index contributed by atoms with van der Waals surface area (Å²) in [6.45, 7) is 7.09. The van der Waals surface area contributed by atoms with E-state index in [0.717, 1.165) is 3.78 Å². The first kappa shape index (κ1) is 16.8. The number of hydrogen-bond donors (Lipinski definition) is 0. The van der Waals surface area contributed by atoms with Gasteiger partial charge in [-0.15, -0.1) is 0 Å². The Hall–Kier alpha value is -2.00. The molecule has 3 aromatic carbocycles. The molecule has 0 N–H and O–H groups in total. The van der Waals surface area contributed by atoms with E-state index in [0.29, 0.717) is 6.61 Å². The second-order valence-electron chi connectivity index (χ2n) is 5.70. The number of ether oxygens (including phenoxy) is 1. The van der Waals surface area contributed by atoms with E-state index in [2.05, 4.69) is 97.6 Å². The van der Waals surface area contributed by atoms with Crippen LogP contribution in [0.25, 0.3) is 0 Å². The van der Waals surface area contributed by atoms with Gasteiger partial charge >= 0.3 is 149 Å². The van der Waals surface area contributed by atoms with E-state index in [1.807, 2.05) is 6.92 Å². The van der Waals surface area contributed by atoms with E-state index in [4.69, 9.17) is 4.74 Å². The fourth-order valence-corrected chi connectivity index (χ4v) is 15.9. The Kier molecular flexibility index (Phi) is 5.41. The van der Waals surface area contributed by atoms with Crippen LogP contribution in [-0.2, 0) is 4.74 Å². The number of rotatable bonds is 6. The van der Waals surface area contributed by atoms with Crippen molar-refractivity contribution in [3.05, 3.63) is 101 Å². The Labute approximate surface area is 148 Å². The van der Waals surface area contributed by atoms with Gasteiger partial charge in [-0.1, -0.05) is 0 Å². The molecule has 0 atom stereocenters. The Bertz CT molecular complexity index is 685. The SMILES string of the molecule is C=[C](OCC)[Sn]([c]1ccccc1)([c]1ccccc1)[c]1ccccc1. The van der Waals surface area contributed by atoms with Crippen LogP contribution in [0.4, 0.5) is 0 Å². The van der Waals surface area contributed by atoms with Crippen LogP contribution in [0.5, 0.6) is 0 Å². The minimum atomic E-state index is -3.46. The molecule has 1 nitrogen and oxygen atoms in total. The minimum absolute atomic E-state index is 0.643. The Morgan fingerprint density at radius 2 is 1.04 bits per heavy atom. The van der Waals surface area contributed by atoms with Crippen molar-refractivity contribution >= 4 is 29.1 Å². The van der Waals surface area contributed by atoms with Gasteiger partial charge in [-0.25, -0.2) is 0 Å². The van der Waals surface area contributed by atoms with Crippen LogP contribution in [0.15, 0.2) is 101 Å². The Morgan fingerprint density at radius 3 is 1.33 bits per heavy atom. The predicted molar refractivity (Wildman–Crippen MR) is 105 cm³/mol. The van der Waals surface area contributed by atoms with Crippen LogP contribution >= 0.6 is 0 Å². The molecule has 0 saturated heterocycles. The molecule has 0 aliphatic heterocycles. The van der Waals surface area contributed by atoms with E-state index in [1.165, 1.54) is 10.7 Å². The van der Waals surface area contributed by atoms with E-state index in [1.54, 1.807) is 0 Å².